The van der Waals surface area contributed by atoms with E-state index in [9.17, 15) is 4.79 Å². The summed E-state index contributed by atoms with van der Waals surface area (Å²) in [7, 11) is 1.64. The van der Waals surface area contributed by atoms with Gasteiger partial charge in [-0.3, -0.25) is 4.79 Å². The van der Waals surface area contributed by atoms with Crippen molar-refractivity contribution in [3.8, 4) is 5.75 Å². The average Bonchev–Trinajstić information content (AvgIpc) is 2.49. The fourth-order valence-electron chi connectivity index (χ4n) is 1.84. The van der Waals surface area contributed by atoms with Gasteiger partial charge in [0.2, 0.25) is 0 Å². The van der Waals surface area contributed by atoms with Gasteiger partial charge >= 0.3 is 0 Å². The molecule has 0 fully saturated rings. The quantitative estimate of drug-likeness (QED) is 0.833. The molecule has 0 aromatic heterocycles. The van der Waals surface area contributed by atoms with Crippen LogP contribution in [-0.2, 0) is 0 Å². The predicted octanol–water partition coefficient (Wildman–Crippen LogP) is 3.18. The minimum atomic E-state index is -0.109. The summed E-state index contributed by atoms with van der Waals surface area (Å²) in [5.41, 5.74) is 7.20. The molecule has 0 heterocycles. The van der Waals surface area contributed by atoms with E-state index in [-0.39, 0.29) is 5.91 Å². The largest absolute Gasteiger partial charge is 0.497 e. The third-order valence-electron chi connectivity index (χ3n) is 2.88. The topological polar surface area (TPSA) is 64.3 Å². The van der Waals surface area contributed by atoms with Crippen molar-refractivity contribution in [2.24, 2.45) is 0 Å². The Bertz CT molecular complexity index is 644. The van der Waals surface area contributed by atoms with Gasteiger partial charge in [0.1, 0.15) is 5.75 Å². The van der Waals surface area contributed by atoms with Gasteiger partial charge in [-0.05, 0) is 43.3 Å². The van der Waals surface area contributed by atoms with E-state index in [4.69, 9.17) is 10.5 Å². The molecule has 1 amide bonds. The summed E-state index contributed by atoms with van der Waals surface area (Å²) >= 11 is 1.54. The number of hydrogen-bond donors (Lipinski definition) is 2. The normalized spacial score (nSPS) is 10.2. The number of anilines is 1. The zero-order valence-electron chi connectivity index (χ0n) is 12.1. The highest BCUT2D eigenvalue weighted by molar-refractivity contribution is 7.99. The third-order valence-corrected chi connectivity index (χ3v) is 3.96. The second-order valence-electron chi connectivity index (χ2n) is 4.39. The van der Waals surface area contributed by atoms with Gasteiger partial charge in [0.25, 0.3) is 5.91 Å². The van der Waals surface area contributed by atoms with Crippen molar-refractivity contribution in [3.63, 3.8) is 0 Å². The van der Waals surface area contributed by atoms with Gasteiger partial charge in [0.15, 0.2) is 0 Å². The second-order valence-corrected chi connectivity index (χ2v) is 5.51. The van der Waals surface area contributed by atoms with Crippen LogP contribution in [0.25, 0.3) is 0 Å². The van der Waals surface area contributed by atoms with Gasteiger partial charge in [-0.15, -0.1) is 0 Å². The Kier molecular flexibility index (Phi) is 5.11. The highest BCUT2D eigenvalue weighted by atomic mass is 32.2. The van der Waals surface area contributed by atoms with Crippen LogP contribution in [0.5, 0.6) is 5.75 Å². The summed E-state index contributed by atoms with van der Waals surface area (Å²) in [6, 6.07) is 13.1. The molecule has 2 aromatic rings. The summed E-state index contributed by atoms with van der Waals surface area (Å²) in [4.78, 5) is 13.7. The molecular formula is C16H18N2O2S. The molecule has 3 N–H and O–H groups in total. The number of amides is 1. The molecule has 0 spiro atoms. The number of ether oxygens (including phenoxy) is 1. The van der Waals surface area contributed by atoms with Crippen LogP contribution in [0.4, 0.5) is 5.69 Å². The summed E-state index contributed by atoms with van der Waals surface area (Å²) in [6.07, 6.45) is 0. The number of methoxy groups -OCH3 is 1. The van der Waals surface area contributed by atoms with E-state index >= 15 is 0 Å². The zero-order valence-corrected chi connectivity index (χ0v) is 12.9. The molecule has 21 heavy (non-hydrogen) atoms. The van der Waals surface area contributed by atoms with Crippen molar-refractivity contribution in [2.45, 2.75) is 16.7 Å². The second kappa shape index (κ2) is 7.04. The first kappa shape index (κ1) is 15.3. The Morgan fingerprint density at radius 3 is 2.76 bits per heavy atom. The lowest BCUT2D eigenvalue weighted by Crippen LogP contribution is -2.22. The molecule has 0 radical (unpaired) electrons. The fourth-order valence-corrected chi connectivity index (χ4v) is 2.73. The third kappa shape index (κ3) is 3.92. The van der Waals surface area contributed by atoms with Crippen LogP contribution < -0.4 is 15.8 Å². The zero-order chi connectivity index (χ0) is 15.2. The number of benzene rings is 2. The minimum absolute atomic E-state index is 0.109. The molecule has 0 saturated heterocycles. The standard InChI is InChI=1S/C16H18N2O2S/c1-3-18-16(19)11-7-8-15(14(17)9-11)21-13-6-4-5-12(10-13)20-2/h4-10H,3,17H2,1-2H3,(H,18,19). The first-order valence-electron chi connectivity index (χ1n) is 6.63. The lowest BCUT2D eigenvalue weighted by Gasteiger charge is -2.09. The molecule has 0 aliphatic heterocycles. The van der Waals surface area contributed by atoms with Gasteiger partial charge < -0.3 is 15.8 Å². The van der Waals surface area contributed by atoms with Crippen LogP contribution >= 0.6 is 11.8 Å². The Labute approximate surface area is 128 Å². The Hall–Kier alpha value is -2.14. The number of rotatable bonds is 5. The van der Waals surface area contributed by atoms with Crippen LogP contribution in [-0.4, -0.2) is 19.6 Å². The fraction of sp³-hybridized carbons (Fsp3) is 0.188. The number of carbonyl (C=O) groups excluding carboxylic acids is 1. The number of nitrogens with two attached hydrogens (primary N) is 1. The van der Waals surface area contributed by atoms with E-state index in [0.29, 0.717) is 17.8 Å². The van der Waals surface area contributed by atoms with Crippen LogP contribution in [0, 0.1) is 0 Å². The van der Waals surface area contributed by atoms with Crippen molar-refractivity contribution >= 4 is 23.4 Å². The van der Waals surface area contributed by atoms with Gasteiger partial charge in [0.05, 0.1) is 7.11 Å². The number of nitrogens with one attached hydrogen (secondary N) is 1. The molecule has 110 valence electrons. The van der Waals surface area contributed by atoms with Crippen molar-refractivity contribution in [3.05, 3.63) is 48.0 Å². The molecule has 2 aromatic carbocycles. The highest BCUT2D eigenvalue weighted by Gasteiger charge is 2.08. The summed E-state index contributed by atoms with van der Waals surface area (Å²) in [5.74, 6) is 0.694. The average molecular weight is 302 g/mol. The maximum atomic E-state index is 11.8. The van der Waals surface area contributed by atoms with Gasteiger partial charge in [-0.25, -0.2) is 0 Å². The summed E-state index contributed by atoms with van der Waals surface area (Å²) < 4.78 is 5.20. The molecule has 0 aliphatic rings. The maximum Gasteiger partial charge on any atom is 0.251 e. The van der Waals surface area contributed by atoms with E-state index in [1.54, 1.807) is 31.0 Å². The molecule has 0 atom stereocenters. The lowest BCUT2D eigenvalue weighted by atomic mass is 10.2. The maximum absolute atomic E-state index is 11.8. The summed E-state index contributed by atoms with van der Waals surface area (Å²) in [5, 5.41) is 2.76. The van der Waals surface area contributed by atoms with Crippen LogP contribution in [0.3, 0.4) is 0 Å². The molecule has 0 bridgehead atoms. The smallest absolute Gasteiger partial charge is 0.251 e. The lowest BCUT2D eigenvalue weighted by molar-refractivity contribution is 0.0956. The monoisotopic (exact) mass is 302 g/mol. The van der Waals surface area contributed by atoms with E-state index in [1.165, 1.54) is 0 Å². The number of carbonyl (C=O) groups is 1. The van der Waals surface area contributed by atoms with Crippen molar-refractivity contribution in [2.75, 3.05) is 19.4 Å². The van der Waals surface area contributed by atoms with E-state index in [0.717, 1.165) is 15.5 Å². The van der Waals surface area contributed by atoms with Gasteiger partial charge in [-0.2, -0.15) is 0 Å². The highest BCUT2D eigenvalue weighted by Crippen LogP contribution is 2.34. The molecule has 0 aliphatic carbocycles. The van der Waals surface area contributed by atoms with E-state index in [1.807, 2.05) is 37.3 Å². The number of nitrogen functional groups attached to an aromatic ring is 1. The van der Waals surface area contributed by atoms with E-state index in [2.05, 4.69) is 5.32 Å². The van der Waals surface area contributed by atoms with Gasteiger partial charge in [0, 0.05) is 27.6 Å². The molecule has 5 heteroatoms. The van der Waals surface area contributed by atoms with Crippen molar-refractivity contribution < 1.29 is 9.53 Å². The van der Waals surface area contributed by atoms with Crippen LogP contribution in [0.1, 0.15) is 17.3 Å². The van der Waals surface area contributed by atoms with E-state index < -0.39 is 0 Å². The molecule has 4 nitrogen and oxygen atoms in total. The number of hydrogen-bond acceptors (Lipinski definition) is 4. The Balaban J connectivity index is 2.19. The van der Waals surface area contributed by atoms with Crippen LogP contribution in [0.2, 0.25) is 0 Å². The van der Waals surface area contributed by atoms with Crippen molar-refractivity contribution in [1.29, 1.82) is 0 Å². The summed E-state index contributed by atoms with van der Waals surface area (Å²) in [6.45, 7) is 2.48. The Morgan fingerprint density at radius 1 is 1.29 bits per heavy atom. The Morgan fingerprint density at radius 2 is 2.10 bits per heavy atom. The molecule has 0 unspecified atom stereocenters. The SMILES string of the molecule is CCNC(=O)c1ccc(Sc2cccc(OC)c2)c(N)c1. The van der Waals surface area contributed by atoms with Gasteiger partial charge in [-0.1, -0.05) is 17.8 Å². The minimum Gasteiger partial charge on any atom is -0.497 e. The first-order chi connectivity index (χ1) is 10.1. The van der Waals surface area contributed by atoms with Crippen LogP contribution in [0.15, 0.2) is 52.3 Å². The molecule has 2 rings (SSSR count). The molecular weight excluding hydrogens is 284 g/mol. The molecule has 0 saturated carbocycles. The first-order valence-corrected chi connectivity index (χ1v) is 7.45. The predicted molar refractivity (Wildman–Crippen MR) is 86.0 cm³/mol. The van der Waals surface area contributed by atoms with Crippen molar-refractivity contribution in [1.82, 2.24) is 5.32 Å².